The summed E-state index contributed by atoms with van der Waals surface area (Å²) in [5.41, 5.74) is 0. The molecule has 0 aliphatic rings. The van der Waals surface area contributed by atoms with Crippen molar-refractivity contribution < 1.29 is 9.53 Å². The Bertz CT molecular complexity index is 155. The Balaban J connectivity index is 3.48. The fourth-order valence-corrected chi connectivity index (χ4v) is 0.372. The van der Waals surface area contributed by atoms with Gasteiger partial charge in [-0.1, -0.05) is 5.92 Å². The van der Waals surface area contributed by atoms with Crippen LogP contribution >= 0.6 is 0 Å². The van der Waals surface area contributed by atoms with Crippen LogP contribution in [0.5, 0.6) is 0 Å². The molecule has 0 amide bonds. The molecule has 0 unspecified atom stereocenters. The first-order chi connectivity index (χ1) is 4.81. The van der Waals surface area contributed by atoms with E-state index < -0.39 is 5.97 Å². The minimum Gasteiger partial charge on any atom is -0.456 e. The van der Waals surface area contributed by atoms with Crippen molar-refractivity contribution in [2.75, 3.05) is 20.2 Å². The molecule has 0 aromatic carbocycles. The predicted octanol–water partition coefficient (Wildman–Crippen LogP) is -0.228. The third-order valence-electron chi connectivity index (χ3n) is 0.731. The van der Waals surface area contributed by atoms with Crippen molar-refractivity contribution in [1.29, 1.82) is 0 Å². The summed E-state index contributed by atoms with van der Waals surface area (Å²) >= 11 is 0. The number of rotatable bonds is 2. The van der Waals surface area contributed by atoms with Crippen molar-refractivity contribution in [3.8, 4) is 11.8 Å². The lowest BCUT2D eigenvalue weighted by Crippen LogP contribution is -2.06. The van der Waals surface area contributed by atoms with Crippen LogP contribution in [-0.4, -0.2) is 26.2 Å². The molecule has 0 aliphatic carbocycles. The Hall–Kier alpha value is -1.01. The highest BCUT2D eigenvalue weighted by Crippen LogP contribution is 1.72. The maximum absolute atomic E-state index is 10.5. The van der Waals surface area contributed by atoms with Crippen molar-refractivity contribution in [1.82, 2.24) is 5.32 Å². The molecule has 0 heterocycles. The van der Waals surface area contributed by atoms with Gasteiger partial charge in [0, 0.05) is 5.92 Å². The van der Waals surface area contributed by atoms with Gasteiger partial charge in [0.05, 0.1) is 13.2 Å². The van der Waals surface area contributed by atoms with Gasteiger partial charge in [0.2, 0.25) is 0 Å². The topological polar surface area (TPSA) is 38.3 Å². The van der Waals surface area contributed by atoms with Crippen LogP contribution in [-0.2, 0) is 9.53 Å². The van der Waals surface area contributed by atoms with Crippen LogP contribution in [0.1, 0.15) is 6.92 Å². The summed E-state index contributed by atoms with van der Waals surface area (Å²) in [4.78, 5) is 10.5. The molecule has 0 radical (unpaired) electrons. The highest BCUT2D eigenvalue weighted by molar-refractivity contribution is 5.88. The van der Waals surface area contributed by atoms with E-state index in [9.17, 15) is 4.79 Å². The van der Waals surface area contributed by atoms with E-state index in [2.05, 4.69) is 21.9 Å². The molecule has 0 aliphatic heterocycles. The largest absolute Gasteiger partial charge is 0.456 e. The van der Waals surface area contributed by atoms with Crippen LogP contribution in [0.25, 0.3) is 0 Å². The minimum atomic E-state index is -0.460. The molecule has 0 bridgehead atoms. The molecule has 0 saturated carbocycles. The van der Waals surface area contributed by atoms with Gasteiger partial charge in [-0.2, -0.15) is 0 Å². The highest BCUT2D eigenvalue weighted by Gasteiger charge is 1.89. The number of carbonyl (C=O) groups is 1. The van der Waals surface area contributed by atoms with E-state index in [1.165, 1.54) is 0 Å². The monoisotopic (exact) mass is 141 g/mol. The first-order valence-electron chi connectivity index (χ1n) is 3.11. The molecule has 0 spiro atoms. The molecule has 0 fully saturated rings. The van der Waals surface area contributed by atoms with Crippen molar-refractivity contribution in [3.63, 3.8) is 0 Å². The zero-order valence-corrected chi connectivity index (χ0v) is 6.23. The quantitative estimate of drug-likeness (QED) is 0.328. The Morgan fingerprint density at radius 2 is 2.40 bits per heavy atom. The summed E-state index contributed by atoms with van der Waals surface area (Å²) in [6.45, 7) is 2.64. The van der Waals surface area contributed by atoms with E-state index in [0.717, 1.165) is 0 Å². The molecule has 10 heavy (non-hydrogen) atoms. The van der Waals surface area contributed by atoms with Crippen LogP contribution in [0.15, 0.2) is 0 Å². The lowest BCUT2D eigenvalue weighted by molar-refractivity contribution is -0.136. The number of esters is 1. The summed E-state index contributed by atoms with van der Waals surface area (Å²) in [6.07, 6.45) is 0. The predicted molar refractivity (Wildman–Crippen MR) is 38.3 cm³/mol. The molecule has 56 valence electrons. The molecule has 1 N–H and O–H groups in total. The molecule has 0 saturated heterocycles. The van der Waals surface area contributed by atoms with Gasteiger partial charge in [-0.05, 0) is 14.0 Å². The first kappa shape index (κ1) is 8.99. The second-order valence-electron chi connectivity index (χ2n) is 1.55. The van der Waals surface area contributed by atoms with E-state index in [1.54, 1.807) is 14.0 Å². The normalized spacial score (nSPS) is 7.80. The number of hydrogen-bond acceptors (Lipinski definition) is 3. The van der Waals surface area contributed by atoms with Crippen molar-refractivity contribution >= 4 is 5.97 Å². The average Bonchev–Trinajstić information content (AvgIpc) is 1.89. The molecule has 3 nitrogen and oxygen atoms in total. The lowest BCUT2D eigenvalue weighted by atomic mass is 10.5. The Morgan fingerprint density at radius 3 is 2.90 bits per heavy atom. The van der Waals surface area contributed by atoms with Gasteiger partial charge in [0.15, 0.2) is 0 Å². The molecular weight excluding hydrogens is 130 g/mol. The summed E-state index contributed by atoms with van der Waals surface area (Å²) < 4.78 is 4.55. The van der Waals surface area contributed by atoms with Crippen LogP contribution < -0.4 is 5.32 Å². The van der Waals surface area contributed by atoms with Gasteiger partial charge in [-0.15, -0.1) is 0 Å². The fraction of sp³-hybridized carbons (Fsp3) is 0.571. The van der Waals surface area contributed by atoms with Gasteiger partial charge >= 0.3 is 5.97 Å². The highest BCUT2D eigenvalue weighted by atomic mass is 16.5. The third-order valence-corrected chi connectivity index (χ3v) is 0.731. The minimum absolute atomic E-state index is 0.382. The van der Waals surface area contributed by atoms with Crippen molar-refractivity contribution in [2.45, 2.75) is 6.92 Å². The smallest absolute Gasteiger partial charge is 0.384 e. The second-order valence-corrected chi connectivity index (χ2v) is 1.55. The maximum atomic E-state index is 10.5. The average molecular weight is 141 g/mol. The van der Waals surface area contributed by atoms with Gasteiger partial charge in [0.25, 0.3) is 0 Å². The summed E-state index contributed by atoms with van der Waals surface area (Å²) in [5, 5.41) is 2.78. The van der Waals surface area contributed by atoms with E-state index in [4.69, 9.17) is 0 Å². The Kier molecular flexibility index (Phi) is 5.50. The summed E-state index contributed by atoms with van der Waals surface area (Å²) in [6, 6.07) is 0. The SMILES string of the molecule is CCOC(=O)C#CCNC. The standard InChI is InChI=1S/C7H11NO2/c1-3-10-7(9)5-4-6-8-2/h8H,3,6H2,1-2H3. The Labute approximate surface area is 60.8 Å². The third kappa shape index (κ3) is 5.13. The van der Waals surface area contributed by atoms with E-state index in [-0.39, 0.29) is 0 Å². The van der Waals surface area contributed by atoms with Crippen LogP contribution in [0.4, 0.5) is 0 Å². The summed E-state index contributed by atoms with van der Waals surface area (Å²) in [5.74, 6) is 4.43. The van der Waals surface area contributed by atoms with Gasteiger partial charge in [-0.25, -0.2) is 4.79 Å². The molecule has 0 aromatic heterocycles. The number of hydrogen-bond donors (Lipinski definition) is 1. The maximum Gasteiger partial charge on any atom is 0.384 e. The molecular formula is C7H11NO2. The van der Waals surface area contributed by atoms with Gasteiger partial charge in [0.1, 0.15) is 0 Å². The molecule has 0 atom stereocenters. The Morgan fingerprint density at radius 1 is 1.70 bits per heavy atom. The van der Waals surface area contributed by atoms with Gasteiger partial charge in [-0.3, -0.25) is 0 Å². The van der Waals surface area contributed by atoms with Crippen molar-refractivity contribution in [3.05, 3.63) is 0 Å². The number of nitrogens with one attached hydrogen (secondary N) is 1. The van der Waals surface area contributed by atoms with Crippen LogP contribution in [0, 0.1) is 11.8 Å². The molecule has 0 rings (SSSR count). The molecule has 3 heteroatoms. The van der Waals surface area contributed by atoms with Crippen molar-refractivity contribution in [2.24, 2.45) is 0 Å². The zero-order chi connectivity index (χ0) is 7.82. The van der Waals surface area contributed by atoms with Crippen LogP contribution in [0.3, 0.4) is 0 Å². The lowest BCUT2D eigenvalue weighted by Gasteiger charge is -1.90. The van der Waals surface area contributed by atoms with E-state index in [1.807, 2.05) is 0 Å². The zero-order valence-electron chi connectivity index (χ0n) is 6.23. The number of carbonyl (C=O) groups excluding carboxylic acids is 1. The van der Waals surface area contributed by atoms with E-state index >= 15 is 0 Å². The first-order valence-corrected chi connectivity index (χ1v) is 3.11. The van der Waals surface area contributed by atoms with Gasteiger partial charge < -0.3 is 10.1 Å². The fourth-order valence-electron chi connectivity index (χ4n) is 0.372. The number of ether oxygens (including phenoxy) is 1. The molecule has 0 aromatic rings. The summed E-state index contributed by atoms with van der Waals surface area (Å²) in [7, 11) is 1.76. The van der Waals surface area contributed by atoms with E-state index in [0.29, 0.717) is 13.2 Å². The second kappa shape index (κ2) is 6.12. The van der Waals surface area contributed by atoms with Crippen LogP contribution in [0.2, 0.25) is 0 Å².